The summed E-state index contributed by atoms with van der Waals surface area (Å²) in [5, 5.41) is 2.79. The van der Waals surface area contributed by atoms with E-state index in [0.29, 0.717) is 0 Å². The second kappa shape index (κ2) is 8.41. The van der Waals surface area contributed by atoms with Gasteiger partial charge in [-0.2, -0.15) is 0 Å². The van der Waals surface area contributed by atoms with E-state index < -0.39 is 10.0 Å². The fourth-order valence-electron chi connectivity index (χ4n) is 2.43. The number of hydrogen-bond acceptors (Lipinski definition) is 3. The second-order valence-corrected chi connectivity index (χ2v) is 8.01. The molecule has 0 saturated heterocycles. The number of anilines is 1. The Hall–Kier alpha value is -2.90. The summed E-state index contributed by atoms with van der Waals surface area (Å²) < 4.78 is 40.1. The first-order valence-corrected chi connectivity index (χ1v) is 10.1. The van der Waals surface area contributed by atoms with Gasteiger partial charge in [0.1, 0.15) is 5.82 Å². The maximum absolute atomic E-state index is 12.9. The van der Waals surface area contributed by atoms with Crippen LogP contribution in [0.15, 0.2) is 77.7 Å². The standard InChI is InChI=1S/C20H16ClFN2O3S/c21-18-12-15(20(25)23-13-14-6-9-16(22)10-7-14)8-11-19(18)24-28(26,27)17-4-2-1-3-5-17/h1-12,24H,13H2,(H,23,25). The molecule has 0 aliphatic carbocycles. The highest BCUT2D eigenvalue weighted by Gasteiger charge is 2.16. The predicted octanol–water partition coefficient (Wildman–Crippen LogP) is 4.21. The van der Waals surface area contributed by atoms with Crippen molar-refractivity contribution in [3.8, 4) is 0 Å². The summed E-state index contributed by atoms with van der Waals surface area (Å²) in [6, 6.07) is 17.9. The maximum atomic E-state index is 12.9. The number of halogens is 2. The molecule has 0 aliphatic rings. The average molecular weight is 419 g/mol. The lowest BCUT2D eigenvalue weighted by molar-refractivity contribution is 0.0951. The van der Waals surface area contributed by atoms with E-state index in [1.165, 1.54) is 42.5 Å². The Morgan fingerprint density at radius 2 is 1.64 bits per heavy atom. The number of hydrogen-bond donors (Lipinski definition) is 2. The van der Waals surface area contributed by atoms with Gasteiger partial charge in [0.2, 0.25) is 0 Å². The van der Waals surface area contributed by atoms with Crippen LogP contribution >= 0.6 is 11.6 Å². The van der Waals surface area contributed by atoms with Gasteiger partial charge < -0.3 is 5.32 Å². The highest BCUT2D eigenvalue weighted by Crippen LogP contribution is 2.26. The van der Waals surface area contributed by atoms with Crippen molar-refractivity contribution in [1.29, 1.82) is 0 Å². The van der Waals surface area contributed by atoms with Gasteiger partial charge in [0, 0.05) is 12.1 Å². The van der Waals surface area contributed by atoms with Crippen LogP contribution in [-0.2, 0) is 16.6 Å². The Bertz CT molecular complexity index is 1090. The molecule has 5 nitrogen and oxygen atoms in total. The molecule has 3 aromatic carbocycles. The van der Waals surface area contributed by atoms with Crippen LogP contribution in [0.2, 0.25) is 5.02 Å². The van der Waals surface area contributed by atoms with E-state index in [0.717, 1.165) is 5.56 Å². The summed E-state index contributed by atoms with van der Waals surface area (Å²) in [6.07, 6.45) is 0. The van der Waals surface area contributed by atoms with Gasteiger partial charge in [0.15, 0.2) is 0 Å². The quantitative estimate of drug-likeness (QED) is 0.629. The lowest BCUT2D eigenvalue weighted by Gasteiger charge is -2.11. The molecular formula is C20H16ClFN2O3S. The fraction of sp³-hybridized carbons (Fsp3) is 0.0500. The highest BCUT2D eigenvalue weighted by atomic mass is 35.5. The Morgan fingerprint density at radius 1 is 0.964 bits per heavy atom. The molecule has 3 aromatic rings. The third-order valence-corrected chi connectivity index (χ3v) is 5.59. The zero-order valence-corrected chi connectivity index (χ0v) is 16.1. The van der Waals surface area contributed by atoms with E-state index in [1.807, 2.05) is 0 Å². The summed E-state index contributed by atoms with van der Waals surface area (Å²) in [5.74, 6) is -0.737. The van der Waals surface area contributed by atoms with E-state index in [9.17, 15) is 17.6 Å². The molecule has 0 radical (unpaired) electrons. The number of benzene rings is 3. The van der Waals surface area contributed by atoms with Gasteiger partial charge in [-0.3, -0.25) is 9.52 Å². The molecule has 0 saturated carbocycles. The number of sulfonamides is 1. The van der Waals surface area contributed by atoms with Gasteiger partial charge in [-0.25, -0.2) is 12.8 Å². The number of rotatable bonds is 6. The van der Waals surface area contributed by atoms with E-state index >= 15 is 0 Å². The lowest BCUT2D eigenvalue weighted by Crippen LogP contribution is -2.23. The Balaban J connectivity index is 1.69. The third-order valence-electron chi connectivity index (χ3n) is 3.90. The zero-order valence-electron chi connectivity index (χ0n) is 14.5. The molecule has 0 aromatic heterocycles. The monoisotopic (exact) mass is 418 g/mol. The minimum absolute atomic E-state index is 0.0916. The van der Waals surface area contributed by atoms with Crippen LogP contribution in [0.25, 0.3) is 0 Å². The molecule has 144 valence electrons. The first-order chi connectivity index (χ1) is 13.3. The molecular weight excluding hydrogens is 403 g/mol. The molecule has 0 bridgehead atoms. The summed E-state index contributed by atoms with van der Waals surface area (Å²) in [5.41, 5.74) is 1.18. The minimum Gasteiger partial charge on any atom is -0.348 e. The zero-order chi connectivity index (χ0) is 20.1. The van der Waals surface area contributed by atoms with E-state index in [1.54, 1.807) is 30.3 Å². The van der Waals surface area contributed by atoms with Gasteiger partial charge in [-0.15, -0.1) is 0 Å². The molecule has 0 heterocycles. The SMILES string of the molecule is O=C(NCc1ccc(F)cc1)c1ccc(NS(=O)(=O)c2ccccc2)c(Cl)c1. The molecule has 8 heteroatoms. The number of nitrogens with one attached hydrogen (secondary N) is 2. The van der Waals surface area contributed by atoms with Crippen molar-refractivity contribution in [2.45, 2.75) is 11.4 Å². The van der Waals surface area contributed by atoms with Crippen LogP contribution in [0.3, 0.4) is 0 Å². The normalized spacial score (nSPS) is 11.1. The van der Waals surface area contributed by atoms with Crippen molar-refractivity contribution < 1.29 is 17.6 Å². The van der Waals surface area contributed by atoms with Gasteiger partial charge in [0.05, 0.1) is 15.6 Å². The molecule has 0 spiro atoms. The van der Waals surface area contributed by atoms with Crippen molar-refractivity contribution in [2.24, 2.45) is 0 Å². The molecule has 1 amide bonds. The van der Waals surface area contributed by atoms with Crippen molar-refractivity contribution >= 4 is 33.2 Å². The molecule has 0 aliphatic heterocycles. The number of carbonyl (C=O) groups excluding carboxylic acids is 1. The second-order valence-electron chi connectivity index (χ2n) is 5.92. The summed E-state index contributed by atoms with van der Waals surface area (Å²) in [7, 11) is -3.78. The van der Waals surface area contributed by atoms with Gasteiger partial charge in [-0.1, -0.05) is 41.9 Å². The van der Waals surface area contributed by atoms with Crippen LogP contribution in [0.4, 0.5) is 10.1 Å². The summed E-state index contributed by atoms with van der Waals surface area (Å²) in [4.78, 5) is 12.4. The van der Waals surface area contributed by atoms with Gasteiger partial charge in [-0.05, 0) is 48.0 Å². The molecule has 0 fully saturated rings. The largest absolute Gasteiger partial charge is 0.348 e. The maximum Gasteiger partial charge on any atom is 0.261 e. The van der Waals surface area contributed by atoms with Crippen LogP contribution in [0, 0.1) is 5.82 Å². The van der Waals surface area contributed by atoms with Gasteiger partial charge >= 0.3 is 0 Å². The Kier molecular flexibility index (Phi) is 5.96. The number of amides is 1. The van der Waals surface area contributed by atoms with Crippen molar-refractivity contribution in [1.82, 2.24) is 5.32 Å². The molecule has 0 atom stereocenters. The van der Waals surface area contributed by atoms with Crippen molar-refractivity contribution in [2.75, 3.05) is 4.72 Å². The predicted molar refractivity (Wildman–Crippen MR) is 106 cm³/mol. The molecule has 28 heavy (non-hydrogen) atoms. The van der Waals surface area contributed by atoms with Crippen LogP contribution in [-0.4, -0.2) is 14.3 Å². The molecule has 2 N–H and O–H groups in total. The highest BCUT2D eigenvalue weighted by molar-refractivity contribution is 7.92. The van der Waals surface area contributed by atoms with E-state index in [4.69, 9.17) is 11.6 Å². The Labute approximate surface area is 167 Å². The topological polar surface area (TPSA) is 75.3 Å². The van der Waals surface area contributed by atoms with Crippen LogP contribution in [0.5, 0.6) is 0 Å². The van der Waals surface area contributed by atoms with E-state index in [-0.39, 0.29) is 39.4 Å². The lowest BCUT2D eigenvalue weighted by atomic mass is 10.1. The van der Waals surface area contributed by atoms with Crippen molar-refractivity contribution in [3.05, 3.63) is 94.8 Å². The summed E-state index contributed by atoms with van der Waals surface area (Å²) >= 11 is 6.15. The molecule has 3 rings (SSSR count). The van der Waals surface area contributed by atoms with Crippen LogP contribution in [0.1, 0.15) is 15.9 Å². The third kappa shape index (κ3) is 4.88. The number of carbonyl (C=O) groups is 1. The summed E-state index contributed by atoms with van der Waals surface area (Å²) in [6.45, 7) is 0.221. The molecule has 0 unspecified atom stereocenters. The Morgan fingerprint density at radius 3 is 2.29 bits per heavy atom. The van der Waals surface area contributed by atoms with Gasteiger partial charge in [0.25, 0.3) is 15.9 Å². The first-order valence-electron chi connectivity index (χ1n) is 8.25. The van der Waals surface area contributed by atoms with Crippen LogP contribution < -0.4 is 10.0 Å². The van der Waals surface area contributed by atoms with Crippen molar-refractivity contribution in [3.63, 3.8) is 0 Å². The van der Waals surface area contributed by atoms with E-state index in [2.05, 4.69) is 10.0 Å². The smallest absolute Gasteiger partial charge is 0.261 e. The average Bonchev–Trinajstić information content (AvgIpc) is 2.69. The fourth-order valence-corrected chi connectivity index (χ4v) is 3.81. The first kappa shape index (κ1) is 19.9. The minimum atomic E-state index is -3.78.